The second-order valence-electron chi connectivity index (χ2n) is 8.10. The molecule has 0 bridgehead atoms. The molecule has 0 N–H and O–H groups in total. The standard InChI is InChI=1S/C25H28Si/c1-19-11-15-22(16-12-19)24(21-9-7-6-8-10-21)25(26(3,4)5)23-17-13-20(2)14-18-23/h6-18H,1-5H3/b25-24+. The molecule has 3 aromatic rings. The molecule has 0 aliphatic heterocycles. The van der Waals surface area contributed by atoms with Gasteiger partial charge in [0.2, 0.25) is 0 Å². The molecule has 0 nitrogen and oxygen atoms in total. The van der Waals surface area contributed by atoms with E-state index in [1.54, 1.807) is 0 Å². The quantitative estimate of drug-likeness (QED) is 0.344. The Balaban J connectivity index is 2.36. The maximum atomic E-state index is 2.44. The van der Waals surface area contributed by atoms with Crippen LogP contribution in [0.4, 0.5) is 0 Å². The first-order valence-electron chi connectivity index (χ1n) is 9.30. The Morgan fingerprint density at radius 1 is 0.538 bits per heavy atom. The van der Waals surface area contributed by atoms with Crippen molar-refractivity contribution >= 4 is 18.8 Å². The molecule has 26 heavy (non-hydrogen) atoms. The minimum atomic E-state index is -1.61. The Morgan fingerprint density at radius 3 is 1.42 bits per heavy atom. The van der Waals surface area contributed by atoms with Crippen LogP contribution in [0.2, 0.25) is 19.6 Å². The minimum absolute atomic E-state index is 1.30. The molecule has 0 saturated carbocycles. The number of aryl methyl sites for hydroxylation is 2. The van der Waals surface area contributed by atoms with Gasteiger partial charge in [-0.25, -0.2) is 0 Å². The van der Waals surface area contributed by atoms with Crippen LogP contribution in [-0.2, 0) is 0 Å². The van der Waals surface area contributed by atoms with Crippen molar-refractivity contribution in [2.75, 3.05) is 0 Å². The fraction of sp³-hybridized carbons (Fsp3) is 0.200. The Labute approximate surface area is 159 Å². The summed E-state index contributed by atoms with van der Waals surface area (Å²) in [7, 11) is -1.61. The van der Waals surface area contributed by atoms with Crippen LogP contribution in [-0.4, -0.2) is 8.07 Å². The first-order chi connectivity index (χ1) is 12.4. The van der Waals surface area contributed by atoms with Gasteiger partial charge in [0.25, 0.3) is 0 Å². The van der Waals surface area contributed by atoms with Crippen LogP contribution in [0.25, 0.3) is 10.8 Å². The highest BCUT2D eigenvalue weighted by Gasteiger charge is 2.26. The SMILES string of the molecule is Cc1ccc(/C(=C(\c2ccc(C)cc2)[Si](C)(C)C)c2ccccc2)cc1. The smallest absolute Gasteiger partial charge is 0.0656 e. The van der Waals surface area contributed by atoms with Gasteiger partial charge in [0, 0.05) is 0 Å². The fourth-order valence-electron chi connectivity index (χ4n) is 3.45. The molecule has 0 atom stereocenters. The minimum Gasteiger partial charge on any atom is -0.0656 e. The van der Waals surface area contributed by atoms with Gasteiger partial charge in [-0.3, -0.25) is 0 Å². The molecular formula is C25H28Si. The van der Waals surface area contributed by atoms with E-state index in [0.717, 1.165) is 0 Å². The predicted octanol–water partition coefficient (Wildman–Crippen LogP) is 7.14. The van der Waals surface area contributed by atoms with Gasteiger partial charge in [0.05, 0.1) is 8.07 Å². The lowest BCUT2D eigenvalue weighted by Crippen LogP contribution is -2.24. The molecule has 0 spiro atoms. The molecule has 132 valence electrons. The van der Waals surface area contributed by atoms with Gasteiger partial charge in [-0.1, -0.05) is 110 Å². The van der Waals surface area contributed by atoms with Gasteiger partial charge in [-0.15, -0.1) is 0 Å². The lowest BCUT2D eigenvalue weighted by molar-refractivity contribution is 1.44. The van der Waals surface area contributed by atoms with Crippen molar-refractivity contribution in [2.45, 2.75) is 33.5 Å². The summed E-state index contributed by atoms with van der Waals surface area (Å²) >= 11 is 0. The normalized spacial score (nSPS) is 12.7. The zero-order valence-corrected chi connectivity index (χ0v) is 17.5. The van der Waals surface area contributed by atoms with Gasteiger partial charge < -0.3 is 0 Å². The summed E-state index contributed by atoms with van der Waals surface area (Å²) in [6.07, 6.45) is 0. The third kappa shape index (κ3) is 4.05. The summed E-state index contributed by atoms with van der Waals surface area (Å²) in [4.78, 5) is 0. The second kappa shape index (κ2) is 7.47. The predicted molar refractivity (Wildman–Crippen MR) is 118 cm³/mol. The number of rotatable bonds is 4. The van der Waals surface area contributed by atoms with Crippen LogP contribution >= 0.6 is 0 Å². The van der Waals surface area contributed by atoms with Crippen LogP contribution in [0.3, 0.4) is 0 Å². The maximum Gasteiger partial charge on any atom is 0.0792 e. The van der Waals surface area contributed by atoms with Crippen LogP contribution in [0.5, 0.6) is 0 Å². The van der Waals surface area contributed by atoms with E-state index < -0.39 is 8.07 Å². The fourth-order valence-corrected chi connectivity index (χ4v) is 5.52. The molecule has 0 aliphatic carbocycles. The molecule has 0 fully saturated rings. The molecule has 0 aromatic heterocycles. The molecule has 1 heteroatoms. The Bertz CT molecular complexity index is 893. The summed E-state index contributed by atoms with van der Waals surface area (Å²) in [6.45, 7) is 11.6. The van der Waals surface area contributed by atoms with E-state index in [-0.39, 0.29) is 0 Å². The van der Waals surface area contributed by atoms with E-state index in [4.69, 9.17) is 0 Å². The topological polar surface area (TPSA) is 0 Å². The molecule has 0 unspecified atom stereocenters. The number of hydrogen-bond donors (Lipinski definition) is 0. The molecule has 0 heterocycles. The van der Waals surface area contributed by atoms with Gasteiger partial charge in [-0.2, -0.15) is 0 Å². The van der Waals surface area contributed by atoms with Crippen molar-refractivity contribution in [3.63, 3.8) is 0 Å². The molecule has 0 aliphatic rings. The van der Waals surface area contributed by atoms with Crippen molar-refractivity contribution in [2.24, 2.45) is 0 Å². The van der Waals surface area contributed by atoms with Crippen molar-refractivity contribution in [3.05, 3.63) is 107 Å². The van der Waals surface area contributed by atoms with Gasteiger partial charge >= 0.3 is 0 Å². The van der Waals surface area contributed by atoms with Gasteiger partial charge in [0.15, 0.2) is 0 Å². The first kappa shape index (κ1) is 18.4. The number of hydrogen-bond acceptors (Lipinski definition) is 0. The molecule has 0 radical (unpaired) electrons. The summed E-state index contributed by atoms with van der Waals surface area (Å²) < 4.78 is 0. The zero-order valence-electron chi connectivity index (χ0n) is 16.5. The summed E-state index contributed by atoms with van der Waals surface area (Å²) in [5.41, 5.74) is 7.95. The van der Waals surface area contributed by atoms with Gasteiger partial charge in [0.1, 0.15) is 0 Å². The summed E-state index contributed by atoms with van der Waals surface area (Å²) in [5.74, 6) is 0. The Morgan fingerprint density at radius 2 is 0.962 bits per heavy atom. The van der Waals surface area contributed by atoms with E-state index in [9.17, 15) is 0 Å². The summed E-state index contributed by atoms with van der Waals surface area (Å²) in [5, 5.41) is 1.52. The van der Waals surface area contributed by atoms with Crippen molar-refractivity contribution < 1.29 is 0 Å². The Kier molecular flexibility index (Phi) is 5.29. The van der Waals surface area contributed by atoms with Crippen LogP contribution in [0, 0.1) is 13.8 Å². The van der Waals surface area contributed by atoms with E-state index in [1.807, 2.05) is 0 Å². The first-order valence-corrected chi connectivity index (χ1v) is 12.8. The van der Waals surface area contributed by atoms with E-state index in [2.05, 4.69) is 112 Å². The highest BCUT2D eigenvalue weighted by Crippen LogP contribution is 2.38. The summed E-state index contributed by atoms with van der Waals surface area (Å²) in [6, 6.07) is 28.9. The van der Waals surface area contributed by atoms with Gasteiger partial charge in [-0.05, 0) is 41.3 Å². The van der Waals surface area contributed by atoms with Crippen LogP contribution in [0.1, 0.15) is 27.8 Å². The maximum absolute atomic E-state index is 2.44. The number of benzene rings is 3. The van der Waals surface area contributed by atoms with Crippen LogP contribution in [0.15, 0.2) is 78.9 Å². The van der Waals surface area contributed by atoms with Crippen molar-refractivity contribution in [1.82, 2.24) is 0 Å². The third-order valence-corrected chi connectivity index (χ3v) is 6.78. The Hall–Kier alpha value is -2.38. The lowest BCUT2D eigenvalue weighted by atomic mass is 9.94. The average molecular weight is 357 g/mol. The van der Waals surface area contributed by atoms with Crippen molar-refractivity contribution in [3.8, 4) is 0 Å². The average Bonchev–Trinajstić information content (AvgIpc) is 2.61. The van der Waals surface area contributed by atoms with E-state index >= 15 is 0 Å². The van der Waals surface area contributed by atoms with E-state index in [0.29, 0.717) is 0 Å². The molecule has 3 aromatic carbocycles. The largest absolute Gasteiger partial charge is 0.0792 e. The molecular weight excluding hydrogens is 328 g/mol. The molecule has 3 rings (SSSR count). The highest BCUT2D eigenvalue weighted by molar-refractivity contribution is 6.95. The lowest BCUT2D eigenvalue weighted by Gasteiger charge is -2.27. The second-order valence-corrected chi connectivity index (χ2v) is 13.1. The monoisotopic (exact) mass is 356 g/mol. The molecule has 0 amide bonds. The van der Waals surface area contributed by atoms with Crippen LogP contribution < -0.4 is 0 Å². The highest BCUT2D eigenvalue weighted by atomic mass is 28.3. The van der Waals surface area contributed by atoms with E-state index in [1.165, 1.54) is 38.6 Å². The molecule has 0 saturated heterocycles. The van der Waals surface area contributed by atoms with Crippen molar-refractivity contribution in [1.29, 1.82) is 0 Å². The zero-order chi connectivity index (χ0) is 18.7. The third-order valence-electron chi connectivity index (χ3n) is 4.74.